The van der Waals surface area contributed by atoms with Gasteiger partial charge in [0, 0.05) is 6.54 Å². The van der Waals surface area contributed by atoms with E-state index in [0.717, 1.165) is 29.7 Å². The van der Waals surface area contributed by atoms with Crippen LogP contribution in [0, 0.1) is 19.8 Å². The topological polar surface area (TPSA) is 75.6 Å². The molecule has 1 aliphatic carbocycles. The molecule has 124 valence electrons. The SMILES string of the molecule is CCOc1c(C)cc(S(=O)(=O)NCC(C)(O)C2CC2)cc1C. The minimum atomic E-state index is -3.64. The first-order valence-corrected chi connectivity index (χ1v) is 9.12. The zero-order valence-electron chi connectivity index (χ0n) is 13.6. The van der Waals surface area contributed by atoms with Crippen molar-refractivity contribution < 1.29 is 18.3 Å². The summed E-state index contributed by atoms with van der Waals surface area (Å²) in [5, 5.41) is 10.2. The van der Waals surface area contributed by atoms with Gasteiger partial charge in [-0.3, -0.25) is 0 Å². The third-order valence-electron chi connectivity index (χ3n) is 4.11. The third kappa shape index (κ3) is 3.80. The van der Waals surface area contributed by atoms with Gasteiger partial charge in [-0.05, 0) is 69.7 Å². The molecule has 2 N–H and O–H groups in total. The molecule has 1 aliphatic rings. The molecule has 0 radical (unpaired) electrons. The van der Waals surface area contributed by atoms with E-state index in [4.69, 9.17) is 4.74 Å². The highest BCUT2D eigenvalue weighted by molar-refractivity contribution is 7.89. The molecular weight excluding hydrogens is 302 g/mol. The van der Waals surface area contributed by atoms with Crippen molar-refractivity contribution in [3.05, 3.63) is 23.3 Å². The second kappa shape index (κ2) is 6.18. The Morgan fingerprint density at radius 1 is 1.32 bits per heavy atom. The molecule has 1 aromatic carbocycles. The van der Waals surface area contributed by atoms with Crippen LogP contribution in [0.5, 0.6) is 5.75 Å². The number of benzene rings is 1. The van der Waals surface area contributed by atoms with Gasteiger partial charge in [0.15, 0.2) is 0 Å². The van der Waals surface area contributed by atoms with Crippen LogP contribution in [0.25, 0.3) is 0 Å². The van der Waals surface area contributed by atoms with Crippen molar-refractivity contribution in [3.63, 3.8) is 0 Å². The smallest absolute Gasteiger partial charge is 0.240 e. The molecule has 0 spiro atoms. The number of ether oxygens (including phenoxy) is 1. The fourth-order valence-electron chi connectivity index (χ4n) is 2.61. The minimum absolute atomic E-state index is 0.0330. The van der Waals surface area contributed by atoms with Gasteiger partial charge in [-0.1, -0.05) is 0 Å². The average molecular weight is 327 g/mol. The summed E-state index contributed by atoms with van der Waals surface area (Å²) in [4.78, 5) is 0.206. The molecule has 0 saturated heterocycles. The van der Waals surface area contributed by atoms with Crippen LogP contribution in [0.15, 0.2) is 17.0 Å². The molecule has 0 aromatic heterocycles. The summed E-state index contributed by atoms with van der Waals surface area (Å²) in [5.74, 6) is 0.922. The summed E-state index contributed by atoms with van der Waals surface area (Å²) in [6, 6.07) is 3.21. The maximum atomic E-state index is 12.4. The standard InChI is InChI=1S/C16H25NO4S/c1-5-21-15-11(2)8-14(9-12(15)3)22(19,20)17-10-16(4,18)13-6-7-13/h8-9,13,17-18H,5-7,10H2,1-4H3. The second-order valence-electron chi connectivity index (χ2n) is 6.28. The molecule has 1 saturated carbocycles. The predicted octanol–water partition coefficient (Wildman–Crippen LogP) is 2.14. The van der Waals surface area contributed by atoms with E-state index in [9.17, 15) is 13.5 Å². The Labute approximate surface area is 132 Å². The average Bonchev–Trinajstić information content (AvgIpc) is 3.25. The summed E-state index contributed by atoms with van der Waals surface area (Å²) in [7, 11) is -3.64. The Bertz CT molecular complexity index is 625. The van der Waals surface area contributed by atoms with Gasteiger partial charge in [0.1, 0.15) is 5.75 Å². The van der Waals surface area contributed by atoms with Crippen LogP contribution in [0.2, 0.25) is 0 Å². The molecule has 22 heavy (non-hydrogen) atoms. The minimum Gasteiger partial charge on any atom is -0.493 e. The van der Waals surface area contributed by atoms with E-state index in [2.05, 4.69) is 4.72 Å². The van der Waals surface area contributed by atoms with Crippen LogP contribution in [-0.4, -0.2) is 32.3 Å². The monoisotopic (exact) mass is 327 g/mol. The van der Waals surface area contributed by atoms with Crippen molar-refractivity contribution in [2.75, 3.05) is 13.2 Å². The number of nitrogens with one attached hydrogen (secondary N) is 1. The van der Waals surface area contributed by atoms with Gasteiger partial charge in [-0.15, -0.1) is 0 Å². The highest BCUT2D eigenvalue weighted by Crippen LogP contribution is 2.39. The van der Waals surface area contributed by atoms with E-state index in [0.29, 0.717) is 6.61 Å². The number of sulfonamides is 1. The van der Waals surface area contributed by atoms with E-state index in [-0.39, 0.29) is 17.4 Å². The Balaban J connectivity index is 2.18. The van der Waals surface area contributed by atoms with Crippen LogP contribution in [0.1, 0.15) is 37.8 Å². The molecule has 1 atom stereocenters. The van der Waals surface area contributed by atoms with Crippen LogP contribution < -0.4 is 9.46 Å². The van der Waals surface area contributed by atoms with Crippen molar-refractivity contribution in [1.29, 1.82) is 0 Å². The lowest BCUT2D eigenvalue weighted by molar-refractivity contribution is 0.0422. The lowest BCUT2D eigenvalue weighted by Gasteiger charge is -2.23. The number of rotatable bonds is 7. The molecule has 5 nitrogen and oxygen atoms in total. The summed E-state index contributed by atoms with van der Waals surface area (Å²) in [5.41, 5.74) is 0.593. The van der Waals surface area contributed by atoms with Gasteiger partial charge in [0.05, 0.1) is 17.1 Å². The molecule has 6 heteroatoms. The highest BCUT2D eigenvalue weighted by atomic mass is 32.2. The van der Waals surface area contributed by atoms with E-state index in [1.807, 2.05) is 20.8 Å². The largest absolute Gasteiger partial charge is 0.493 e. The first-order valence-electron chi connectivity index (χ1n) is 7.63. The molecule has 0 amide bonds. The zero-order chi connectivity index (χ0) is 16.5. The lowest BCUT2D eigenvalue weighted by Crippen LogP contribution is -2.42. The van der Waals surface area contributed by atoms with Gasteiger partial charge >= 0.3 is 0 Å². The molecule has 1 unspecified atom stereocenters. The van der Waals surface area contributed by atoms with Crippen molar-refractivity contribution in [2.24, 2.45) is 5.92 Å². The van der Waals surface area contributed by atoms with Crippen molar-refractivity contribution in [3.8, 4) is 5.75 Å². The number of hydrogen-bond donors (Lipinski definition) is 2. The highest BCUT2D eigenvalue weighted by Gasteiger charge is 2.40. The van der Waals surface area contributed by atoms with Gasteiger partial charge in [0.2, 0.25) is 10.0 Å². The van der Waals surface area contributed by atoms with Crippen molar-refractivity contribution >= 4 is 10.0 Å². The molecule has 1 fully saturated rings. The van der Waals surface area contributed by atoms with Gasteiger partial charge in [-0.25, -0.2) is 13.1 Å². The summed E-state index contributed by atoms with van der Waals surface area (Å²) in [6.45, 7) is 7.81. The molecule has 1 aromatic rings. The number of aliphatic hydroxyl groups is 1. The van der Waals surface area contributed by atoms with Crippen molar-refractivity contribution in [1.82, 2.24) is 4.72 Å². The molecular formula is C16H25NO4S. The molecule has 0 heterocycles. The Morgan fingerprint density at radius 3 is 2.32 bits per heavy atom. The van der Waals surface area contributed by atoms with Crippen LogP contribution in [0.3, 0.4) is 0 Å². The van der Waals surface area contributed by atoms with Crippen LogP contribution in [0.4, 0.5) is 0 Å². The normalized spacial score (nSPS) is 18.0. The first-order chi connectivity index (χ1) is 10.2. The first kappa shape index (κ1) is 17.2. The van der Waals surface area contributed by atoms with Crippen LogP contribution in [-0.2, 0) is 10.0 Å². The summed E-state index contributed by atoms with van der Waals surface area (Å²) < 4.78 is 32.9. The van der Waals surface area contributed by atoms with E-state index in [1.165, 1.54) is 0 Å². The Morgan fingerprint density at radius 2 is 1.86 bits per heavy atom. The van der Waals surface area contributed by atoms with E-state index >= 15 is 0 Å². The summed E-state index contributed by atoms with van der Waals surface area (Å²) >= 11 is 0. The number of hydrogen-bond acceptors (Lipinski definition) is 4. The van der Waals surface area contributed by atoms with Gasteiger partial charge in [0.25, 0.3) is 0 Å². The van der Waals surface area contributed by atoms with Crippen molar-refractivity contribution in [2.45, 2.75) is 51.0 Å². The second-order valence-corrected chi connectivity index (χ2v) is 8.04. The zero-order valence-corrected chi connectivity index (χ0v) is 14.5. The Hall–Kier alpha value is -1.11. The fourth-order valence-corrected chi connectivity index (χ4v) is 3.92. The summed E-state index contributed by atoms with van der Waals surface area (Å²) in [6.07, 6.45) is 1.91. The van der Waals surface area contributed by atoms with Crippen LogP contribution >= 0.6 is 0 Å². The molecule has 0 aliphatic heterocycles. The molecule has 0 bridgehead atoms. The third-order valence-corrected chi connectivity index (χ3v) is 5.49. The lowest BCUT2D eigenvalue weighted by atomic mass is 10.0. The Kier molecular flexibility index (Phi) is 4.84. The van der Waals surface area contributed by atoms with Gasteiger partial charge in [-0.2, -0.15) is 0 Å². The maximum absolute atomic E-state index is 12.4. The predicted molar refractivity (Wildman–Crippen MR) is 85.6 cm³/mol. The maximum Gasteiger partial charge on any atom is 0.240 e. The van der Waals surface area contributed by atoms with E-state index in [1.54, 1.807) is 19.1 Å². The molecule has 2 rings (SSSR count). The van der Waals surface area contributed by atoms with E-state index < -0.39 is 15.6 Å². The number of aryl methyl sites for hydroxylation is 2. The quantitative estimate of drug-likeness (QED) is 0.804. The van der Waals surface area contributed by atoms with Gasteiger partial charge < -0.3 is 9.84 Å². The fraction of sp³-hybridized carbons (Fsp3) is 0.625.